The highest BCUT2D eigenvalue weighted by atomic mass is 32.2. The molecule has 0 aromatic heterocycles. The normalized spacial score (nSPS) is 8.57. The first kappa shape index (κ1) is 12.8. The number of benzene rings is 1. The van der Waals surface area contributed by atoms with Gasteiger partial charge in [-0.25, -0.2) is 0 Å². The van der Waals surface area contributed by atoms with Gasteiger partial charge < -0.3 is 0 Å². The van der Waals surface area contributed by atoms with Crippen molar-refractivity contribution in [1.82, 2.24) is 0 Å². The topological polar surface area (TPSA) is 66.7 Å². The molecule has 78 valence electrons. The SMILES string of the molecule is Cc1cccc(C)c1C.O=S(=O)=NO. The maximum Gasteiger partial charge on any atom is 0.338 e. The molecule has 5 heteroatoms. The Morgan fingerprint density at radius 2 is 1.50 bits per heavy atom. The smallest absolute Gasteiger partial charge is 0.253 e. The quantitative estimate of drug-likeness (QED) is 0.673. The van der Waals surface area contributed by atoms with E-state index >= 15 is 0 Å². The fourth-order valence-corrected chi connectivity index (χ4v) is 0.898. The lowest BCUT2D eigenvalue weighted by atomic mass is 10.1. The van der Waals surface area contributed by atoms with Crippen LogP contribution in [0.2, 0.25) is 0 Å². The van der Waals surface area contributed by atoms with Crippen molar-refractivity contribution in [3.8, 4) is 0 Å². The average molecular weight is 215 g/mol. The van der Waals surface area contributed by atoms with Crippen LogP contribution < -0.4 is 0 Å². The van der Waals surface area contributed by atoms with Crippen LogP contribution in [-0.2, 0) is 10.5 Å². The van der Waals surface area contributed by atoms with Crippen molar-refractivity contribution >= 4 is 10.5 Å². The monoisotopic (exact) mass is 215 g/mol. The fourth-order valence-electron chi connectivity index (χ4n) is 0.898. The first-order valence-electron chi connectivity index (χ1n) is 3.96. The molecule has 0 amide bonds. The summed E-state index contributed by atoms with van der Waals surface area (Å²) in [6, 6.07) is 6.38. The maximum atomic E-state index is 8.95. The molecule has 0 spiro atoms. The van der Waals surface area contributed by atoms with Crippen LogP contribution in [0.1, 0.15) is 16.7 Å². The molecular formula is C9H13NO3S. The molecule has 0 fully saturated rings. The second kappa shape index (κ2) is 6.28. The molecule has 0 atom stereocenters. The minimum absolute atomic E-state index is 1.38. The van der Waals surface area contributed by atoms with Crippen LogP contribution in [0, 0.1) is 20.8 Å². The summed E-state index contributed by atoms with van der Waals surface area (Å²) in [6.07, 6.45) is 0. The molecule has 0 saturated carbocycles. The Morgan fingerprint density at radius 1 is 1.14 bits per heavy atom. The molecule has 1 aromatic rings. The standard InChI is InChI=1S/C9H12.HNO3S/c1-7-5-4-6-8(2)9(7)3;2-1-5(3)4/h4-6H,1-3H3;2H. The van der Waals surface area contributed by atoms with Crippen LogP contribution in [0.15, 0.2) is 22.7 Å². The van der Waals surface area contributed by atoms with Gasteiger partial charge in [-0.3, -0.25) is 5.21 Å². The minimum atomic E-state index is -2.64. The number of rotatable bonds is 0. The van der Waals surface area contributed by atoms with Crippen molar-refractivity contribution in [2.45, 2.75) is 20.8 Å². The van der Waals surface area contributed by atoms with E-state index in [4.69, 9.17) is 13.6 Å². The summed E-state index contributed by atoms with van der Waals surface area (Å²) in [4.78, 5) is 0. The van der Waals surface area contributed by atoms with Gasteiger partial charge in [-0.15, -0.1) is 0 Å². The van der Waals surface area contributed by atoms with Crippen molar-refractivity contribution in [1.29, 1.82) is 0 Å². The molecule has 1 N–H and O–H groups in total. The van der Waals surface area contributed by atoms with E-state index in [0.29, 0.717) is 0 Å². The van der Waals surface area contributed by atoms with Gasteiger partial charge in [0.2, 0.25) is 0 Å². The van der Waals surface area contributed by atoms with Gasteiger partial charge in [0.25, 0.3) is 0 Å². The second-order valence-corrected chi connectivity index (χ2v) is 3.41. The van der Waals surface area contributed by atoms with Gasteiger partial charge in [0.1, 0.15) is 0 Å². The Morgan fingerprint density at radius 3 is 1.71 bits per heavy atom. The largest absolute Gasteiger partial charge is 0.338 e. The zero-order valence-electron chi connectivity index (χ0n) is 8.35. The van der Waals surface area contributed by atoms with Crippen molar-refractivity contribution in [3.05, 3.63) is 34.9 Å². The van der Waals surface area contributed by atoms with Gasteiger partial charge in [0.15, 0.2) is 0 Å². The summed E-state index contributed by atoms with van der Waals surface area (Å²) in [6.45, 7) is 6.44. The Labute approximate surface area is 84.9 Å². The molecule has 0 radical (unpaired) electrons. The van der Waals surface area contributed by atoms with E-state index in [1.54, 1.807) is 4.53 Å². The van der Waals surface area contributed by atoms with Gasteiger partial charge >= 0.3 is 10.5 Å². The van der Waals surface area contributed by atoms with Crippen LogP contribution in [0.4, 0.5) is 0 Å². The molecule has 14 heavy (non-hydrogen) atoms. The third kappa shape index (κ3) is 4.74. The number of aryl methyl sites for hydroxylation is 2. The summed E-state index contributed by atoms with van der Waals surface area (Å²) < 4.78 is 19.7. The summed E-state index contributed by atoms with van der Waals surface area (Å²) in [7, 11) is -2.64. The van der Waals surface area contributed by atoms with E-state index in [9.17, 15) is 0 Å². The lowest BCUT2D eigenvalue weighted by Crippen LogP contribution is -1.82. The van der Waals surface area contributed by atoms with Crippen LogP contribution in [0.3, 0.4) is 0 Å². The highest BCUT2D eigenvalue weighted by Gasteiger charge is 1.91. The van der Waals surface area contributed by atoms with E-state index in [0.717, 1.165) is 0 Å². The molecule has 0 aliphatic carbocycles. The molecule has 0 saturated heterocycles. The van der Waals surface area contributed by atoms with Crippen LogP contribution in [0.25, 0.3) is 0 Å². The first-order chi connectivity index (χ1) is 6.49. The third-order valence-electron chi connectivity index (χ3n) is 1.94. The number of hydrogen-bond acceptors (Lipinski definition) is 3. The van der Waals surface area contributed by atoms with Crippen LogP contribution in [-0.4, -0.2) is 13.6 Å². The molecule has 0 aliphatic rings. The molecule has 4 nitrogen and oxygen atoms in total. The minimum Gasteiger partial charge on any atom is -0.253 e. The predicted octanol–water partition coefficient (Wildman–Crippen LogP) is 2.05. The first-order valence-corrected chi connectivity index (χ1v) is 4.99. The Bertz CT molecular complexity index is 395. The fraction of sp³-hybridized carbons (Fsp3) is 0.333. The van der Waals surface area contributed by atoms with Crippen LogP contribution >= 0.6 is 0 Å². The summed E-state index contributed by atoms with van der Waals surface area (Å²) in [5.41, 5.74) is 4.18. The zero-order chi connectivity index (χ0) is 11.1. The molecule has 1 rings (SSSR count). The van der Waals surface area contributed by atoms with E-state index in [-0.39, 0.29) is 0 Å². The highest BCUT2D eigenvalue weighted by molar-refractivity contribution is 7.61. The zero-order valence-corrected chi connectivity index (χ0v) is 9.17. The molecular weight excluding hydrogens is 202 g/mol. The molecule has 1 aromatic carbocycles. The summed E-state index contributed by atoms with van der Waals surface area (Å²) in [5, 5.41) is 7.16. The lowest BCUT2D eigenvalue weighted by molar-refractivity contribution is 0.324. The second-order valence-electron chi connectivity index (χ2n) is 2.82. The van der Waals surface area contributed by atoms with Crippen LogP contribution in [0.5, 0.6) is 0 Å². The third-order valence-corrected chi connectivity index (χ3v) is 2.08. The molecule has 0 aliphatic heterocycles. The Balaban J connectivity index is 0.000000292. The summed E-state index contributed by atoms with van der Waals surface area (Å²) in [5.74, 6) is 0. The average Bonchev–Trinajstić information content (AvgIpc) is 2.15. The van der Waals surface area contributed by atoms with Crippen molar-refractivity contribution in [2.24, 2.45) is 4.53 Å². The van der Waals surface area contributed by atoms with Gasteiger partial charge in [-0.2, -0.15) is 8.42 Å². The molecule has 0 heterocycles. The van der Waals surface area contributed by atoms with Crippen molar-refractivity contribution in [2.75, 3.05) is 0 Å². The Hall–Kier alpha value is -1.20. The van der Waals surface area contributed by atoms with Gasteiger partial charge in [-0.05, 0) is 42.0 Å². The highest BCUT2D eigenvalue weighted by Crippen LogP contribution is 2.09. The lowest BCUT2D eigenvalue weighted by Gasteiger charge is -2.00. The van der Waals surface area contributed by atoms with Crippen molar-refractivity contribution in [3.63, 3.8) is 0 Å². The summed E-state index contributed by atoms with van der Waals surface area (Å²) >= 11 is 0. The number of nitrogens with zero attached hydrogens (tertiary/aromatic N) is 1. The van der Waals surface area contributed by atoms with E-state index in [1.165, 1.54) is 16.7 Å². The molecule has 0 unspecified atom stereocenters. The maximum absolute atomic E-state index is 8.95. The van der Waals surface area contributed by atoms with Gasteiger partial charge in [0, 0.05) is 0 Å². The van der Waals surface area contributed by atoms with E-state index < -0.39 is 10.5 Å². The Kier molecular flexibility index (Phi) is 5.74. The molecule has 0 bridgehead atoms. The number of hydrogen-bond donors (Lipinski definition) is 1. The van der Waals surface area contributed by atoms with E-state index in [2.05, 4.69) is 39.0 Å². The van der Waals surface area contributed by atoms with Gasteiger partial charge in [0.05, 0.1) is 0 Å². The van der Waals surface area contributed by atoms with Gasteiger partial charge in [-0.1, -0.05) is 18.2 Å². The van der Waals surface area contributed by atoms with Crippen molar-refractivity contribution < 1.29 is 13.6 Å². The predicted molar refractivity (Wildman–Crippen MR) is 53.8 cm³/mol. The van der Waals surface area contributed by atoms with E-state index in [1.807, 2.05) is 0 Å².